The molecular formula is C21H31N3O5. The first-order chi connectivity index (χ1) is 13.9. The van der Waals surface area contributed by atoms with Gasteiger partial charge in [-0.1, -0.05) is 0 Å². The second-order valence-corrected chi connectivity index (χ2v) is 8.13. The van der Waals surface area contributed by atoms with Crippen LogP contribution in [0.25, 0.3) is 0 Å². The fourth-order valence-electron chi connectivity index (χ4n) is 4.50. The molecule has 8 nitrogen and oxygen atoms in total. The molecule has 2 fully saturated rings. The van der Waals surface area contributed by atoms with Gasteiger partial charge in [0, 0.05) is 46.1 Å². The Morgan fingerprint density at radius 1 is 1.10 bits per heavy atom. The Morgan fingerprint density at radius 3 is 2.62 bits per heavy atom. The van der Waals surface area contributed by atoms with E-state index in [9.17, 15) is 19.5 Å². The van der Waals surface area contributed by atoms with Gasteiger partial charge in [0.25, 0.3) is 5.91 Å². The number of carbonyl (C=O) groups is 3. The maximum absolute atomic E-state index is 12.7. The van der Waals surface area contributed by atoms with Gasteiger partial charge in [0.15, 0.2) is 5.76 Å². The Bertz CT molecular complexity index is 705. The summed E-state index contributed by atoms with van der Waals surface area (Å²) in [6.07, 6.45) is 4.13. The topological polar surface area (TPSA) is 94.3 Å². The van der Waals surface area contributed by atoms with Crippen molar-refractivity contribution in [1.82, 2.24) is 14.7 Å². The first kappa shape index (κ1) is 21.4. The standard InChI is InChI=1S/C21H31N3O5/c1-16(25)23-8-3-7-22(11-12-23)9-5-18-15-24(10-6-17(18)14-20(26)27)21(28)19-4-2-13-29-19/h2,4,13,17-18H,3,5-12,14-15H2,1H3,(H,26,27)/t17-,18+/m0/s1. The van der Waals surface area contributed by atoms with Gasteiger partial charge in [-0.05, 0) is 56.3 Å². The maximum atomic E-state index is 12.7. The monoisotopic (exact) mass is 405 g/mol. The molecule has 160 valence electrons. The molecule has 2 aliphatic rings. The van der Waals surface area contributed by atoms with Gasteiger partial charge in [-0.25, -0.2) is 0 Å². The number of rotatable bonds is 6. The Balaban J connectivity index is 1.59. The van der Waals surface area contributed by atoms with E-state index in [1.165, 1.54) is 6.26 Å². The minimum absolute atomic E-state index is 0.0776. The second-order valence-electron chi connectivity index (χ2n) is 8.13. The van der Waals surface area contributed by atoms with Crippen LogP contribution in [0, 0.1) is 11.8 Å². The van der Waals surface area contributed by atoms with Crippen LogP contribution in [0.5, 0.6) is 0 Å². The Labute approximate surface area is 171 Å². The molecule has 0 spiro atoms. The number of hydrogen-bond acceptors (Lipinski definition) is 5. The number of amides is 2. The lowest BCUT2D eigenvalue weighted by Gasteiger charge is -2.38. The Hall–Kier alpha value is -2.35. The average Bonchev–Trinajstić information content (AvgIpc) is 3.11. The highest BCUT2D eigenvalue weighted by Gasteiger charge is 2.34. The quantitative estimate of drug-likeness (QED) is 0.775. The predicted octanol–water partition coefficient (Wildman–Crippen LogP) is 1.78. The largest absolute Gasteiger partial charge is 0.481 e. The van der Waals surface area contributed by atoms with Gasteiger partial charge < -0.3 is 24.2 Å². The summed E-state index contributed by atoms with van der Waals surface area (Å²) in [6, 6.07) is 3.37. The van der Waals surface area contributed by atoms with E-state index in [1.807, 2.05) is 4.90 Å². The summed E-state index contributed by atoms with van der Waals surface area (Å²) in [5.74, 6) is -0.233. The SMILES string of the molecule is CC(=O)N1CCCN(CC[C@@H]2CN(C(=O)c3ccco3)CC[C@H]2CC(=O)O)CC1. The van der Waals surface area contributed by atoms with Gasteiger partial charge in [-0.15, -0.1) is 0 Å². The molecule has 2 aliphatic heterocycles. The highest BCUT2D eigenvalue weighted by molar-refractivity contribution is 5.91. The minimum Gasteiger partial charge on any atom is -0.481 e. The van der Waals surface area contributed by atoms with Gasteiger partial charge in [0.2, 0.25) is 5.91 Å². The van der Waals surface area contributed by atoms with Crippen LogP contribution < -0.4 is 0 Å². The van der Waals surface area contributed by atoms with E-state index in [-0.39, 0.29) is 30.1 Å². The summed E-state index contributed by atoms with van der Waals surface area (Å²) < 4.78 is 5.25. The van der Waals surface area contributed by atoms with E-state index in [0.29, 0.717) is 25.3 Å². The van der Waals surface area contributed by atoms with E-state index in [2.05, 4.69) is 4.90 Å². The summed E-state index contributed by atoms with van der Waals surface area (Å²) in [5.41, 5.74) is 0. The van der Waals surface area contributed by atoms with Crippen molar-refractivity contribution in [3.8, 4) is 0 Å². The van der Waals surface area contributed by atoms with E-state index in [1.54, 1.807) is 24.0 Å². The molecule has 8 heteroatoms. The highest BCUT2D eigenvalue weighted by Crippen LogP contribution is 2.30. The fraction of sp³-hybridized carbons (Fsp3) is 0.667. The number of likely N-dealkylation sites (tertiary alicyclic amines) is 1. The van der Waals surface area contributed by atoms with Crippen LogP contribution >= 0.6 is 0 Å². The fourth-order valence-corrected chi connectivity index (χ4v) is 4.50. The van der Waals surface area contributed by atoms with Gasteiger partial charge >= 0.3 is 5.97 Å². The molecule has 1 aromatic heterocycles. The van der Waals surface area contributed by atoms with Crippen LogP contribution in [0.2, 0.25) is 0 Å². The van der Waals surface area contributed by atoms with Crippen LogP contribution in [0.3, 0.4) is 0 Å². The molecule has 29 heavy (non-hydrogen) atoms. The van der Waals surface area contributed by atoms with Crippen molar-refractivity contribution in [2.24, 2.45) is 11.8 Å². The average molecular weight is 405 g/mol. The van der Waals surface area contributed by atoms with E-state index in [0.717, 1.165) is 45.6 Å². The number of carboxylic acids is 1. The molecular weight excluding hydrogens is 374 g/mol. The molecule has 0 aliphatic carbocycles. The highest BCUT2D eigenvalue weighted by atomic mass is 16.4. The van der Waals surface area contributed by atoms with Crippen LogP contribution in [-0.4, -0.2) is 83.4 Å². The number of aliphatic carboxylic acids is 1. The zero-order valence-corrected chi connectivity index (χ0v) is 17.1. The van der Waals surface area contributed by atoms with Crippen molar-refractivity contribution in [3.05, 3.63) is 24.2 Å². The minimum atomic E-state index is -0.780. The van der Waals surface area contributed by atoms with Crippen LogP contribution in [-0.2, 0) is 9.59 Å². The number of hydrogen-bond donors (Lipinski definition) is 1. The van der Waals surface area contributed by atoms with Crippen molar-refractivity contribution in [1.29, 1.82) is 0 Å². The number of carboxylic acid groups (broad SMARTS) is 1. The molecule has 2 saturated heterocycles. The summed E-state index contributed by atoms with van der Waals surface area (Å²) in [4.78, 5) is 41.6. The van der Waals surface area contributed by atoms with E-state index >= 15 is 0 Å². The van der Waals surface area contributed by atoms with Gasteiger partial charge in [0.05, 0.1) is 6.26 Å². The smallest absolute Gasteiger partial charge is 0.303 e. The van der Waals surface area contributed by atoms with Crippen molar-refractivity contribution in [2.45, 2.75) is 32.6 Å². The third-order valence-corrected chi connectivity index (χ3v) is 6.20. The number of furan rings is 1. The van der Waals surface area contributed by atoms with Crippen molar-refractivity contribution >= 4 is 17.8 Å². The van der Waals surface area contributed by atoms with E-state index in [4.69, 9.17) is 4.42 Å². The molecule has 2 amide bonds. The van der Waals surface area contributed by atoms with Gasteiger partial charge in [-0.3, -0.25) is 14.4 Å². The summed E-state index contributed by atoms with van der Waals surface area (Å²) >= 11 is 0. The molecule has 2 atom stereocenters. The number of nitrogens with zero attached hydrogens (tertiary/aromatic N) is 3. The molecule has 1 aromatic rings. The third-order valence-electron chi connectivity index (χ3n) is 6.20. The number of piperidine rings is 1. The Morgan fingerprint density at radius 2 is 1.93 bits per heavy atom. The molecule has 0 bridgehead atoms. The molecule has 0 aromatic carbocycles. The summed E-state index contributed by atoms with van der Waals surface area (Å²) in [7, 11) is 0. The van der Waals surface area contributed by atoms with Gasteiger partial charge in [0.1, 0.15) is 0 Å². The zero-order chi connectivity index (χ0) is 20.8. The van der Waals surface area contributed by atoms with Crippen molar-refractivity contribution < 1.29 is 23.9 Å². The Kier molecular flexibility index (Phi) is 7.30. The normalized spacial score (nSPS) is 23.6. The van der Waals surface area contributed by atoms with Crippen LogP contribution in [0.1, 0.15) is 43.2 Å². The third kappa shape index (κ3) is 5.82. The lowest BCUT2D eigenvalue weighted by molar-refractivity contribution is -0.139. The summed E-state index contributed by atoms with van der Waals surface area (Å²) in [5, 5.41) is 9.30. The van der Waals surface area contributed by atoms with E-state index < -0.39 is 5.97 Å². The van der Waals surface area contributed by atoms with Crippen molar-refractivity contribution in [3.63, 3.8) is 0 Å². The van der Waals surface area contributed by atoms with Crippen LogP contribution in [0.4, 0.5) is 0 Å². The molecule has 0 radical (unpaired) electrons. The molecule has 0 saturated carbocycles. The molecule has 1 N–H and O–H groups in total. The first-order valence-electron chi connectivity index (χ1n) is 10.5. The lowest BCUT2D eigenvalue weighted by atomic mass is 9.81. The van der Waals surface area contributed by atoms with Crippen LogP contribution in [0.15, 0.2) is 22.8 Å². The molecule has 3 rings (SSSR count). The van der Waals surface area contributed by atoms with Crippen molar-refractivity contribution in [2.75, 3.05) is 45.8 Å². The first-order valence-corrected chi connectivity index (χ1v) is 10.5. The molecule has 3 heterocycles. The lowest BCUT2D eigenvalue weighted by Crippen LogP contribution is -2.45. The number of carbonyl (C=O) groups excluding carboxylic acids is 2. The summed E-state index contributed by atoms with van der Waals surface area (Å²) in [6.45, 7) is 6.90. The molecule has 0 unspecified atom stereocenters. The van der Waals surface area contributed by atoms with Gasteiger partial charge in [-0.2, -0.15) is 0 Å². The second kappa shape index (κ2) is 9.91. The predicted molar refractivity (Wildman–Crippen MR) is 106 cm³/mol. The zero-order valence-electron chi connectivity index (χ0n) is 17.1. The maximum Gasteiger partial charge on any atom is 0.303 e.